The topological polar surface area (TPSA) is 55.8 Å². The predicted octanol–water partition coefficient (Wildman–Crippen LogP) is 2.50. The van der Waals surface area contributed by atoms with Crippen LogP contribution in [0.25, 0.3) is 0 Å². The van der Waals surface area contributed by atoms with E-state index in [-0.39, 0.29) is 24.9 Å². The van der Waals surface area contributed by atoms with Crippen molar-refractivity contribution in [2.24, 2.45) is 5.92 Å². The van der Waals surface area contributed by atoms with Gasteiger partial charge in [-0.1, -0.05) is 32.0 Å². The number of nitrogens with zero attached hydrogens (tertiary/aromatic N) is 1. The van der Waals surface area contributed by atoms with Gasteiger partial charge in [0.2, 0.25) is 0 Å². The lowest BCUT2D eigenvalue weighted by Gasteiger charge is -2.23. The Morgan fingerprint density at radius 3 is 2.41 bits per heavy atom. The Kier molecular flexibility index (Phi) is 8.04. The monoisotopic (exact) mass is 307 g/mol. The van der Waals surface area contributed by atoms with Crippen molar-refractivity contribution in [2.75, 3.05) is 26.8 Å². The molecule has 0 saturated heterocycles. The van der Waals surface area contributed by atoms with Crippen LogP contribution in [0.4, 0.5) is 0 Å². The standard InChI is InChI=1S/C17H25NO4/c1-14(2)9-11-18(12-10-17(20)21-3)16(19)13-22-15-7-5-4-6-8-15/h4-8,14H,9-13H2,1-3H3. The lowest BCUT2D eigenvalue weighted by molar-refractivity contribution is -0.142. The number of carbonyl (C=O) groups excluding carboxylic acids is 2. The molecule has 1 amide bonds. The Hall–Kier alpha value is -2.04. The van der Waals surface area contributed by atoms with Gasteiger partial charge < -0.3 is 14.4 Å². The maximum Gasteiger partial charge on any atom is 0.307 e. The van der Waals surface area contributed by atoms with Crippen LogP contribution in [0, 0.1) is 5.92 Å². The van der Waals surface area contributed by atoms with Gasteiger partial charge in [-0.3, -0.25) is 9.59 Å². The molecule has 0 radical (unpaired) electrons. The van der Waals surface area contributed by atoms with E-state index in [9.17, 15) is 9.59 Å². The van der Waals surface area contributed by atoms with E-state index in [1.807, 2.05) is 18.2 Å². The van der Waals surface area contributed by atoms with Crippen molar-refractivity contribution in [3.05, 3.63) is 30.3 Å². The van der Waals surface area contributed by atoms with Gasteiger partial charge in [0.25, 0.3) is 5.91 Å². The second kappa shape index (κ2) is 9.82. The minimum Gasteiger partial charge on any atom is -0.484 e. The van der Waals surface area contributed by atoms with E-state index in [4.69, 9.17) is 4.74 Å². The van der Waals surface area contributed by atoms with Gasteiger partial charge in [-0.15, -0.1) is 0 Å². The van der Waals surface area contributed by atoms with Crippen molar-refractivity contribution in [1.29, 1.82) is 0 Å². The fourth-order valence-corrected chi connectivity index (χ4v) is 1.86. The van der Waals surface area contributed by atoms with Crippen molar-refractivity contribution >= 4 is 11.9 Å². The molecule has 0 aliphatic carbocycles. The molecule has 1 rings (SSSR count). The highest BCUT2D eigenvalue weighted by Gasteiger charge is 2.16. The highest BCUT2D eigenvalue weighted by atomic mass is 16.5. The molecule has 0 saturated carbocycles. The number of methoxy groups -OCH3 is 1. The van der Waals surface area contributed by atoms with E-state index in [1.54, 1.807) is 17.0 Å². The summed E-state index contributed by atoms with van der Waals surface area (Å²) in [5, 5.41) is 0. The van der Waals surface area contributed by atoms with E-state index >= 15 is 0 Å². The van der Waals surface area contributed by atoms with E-state index in [1.165, 1.54) is 7.11 Å². The molecular formula is C17H25NO4. The summed E-state index contributed by atoms with van der Waals surface area (Å²) in [6.07, 6.45) is 1.09. The van der Waals surface area contributed by atoms with E-state index in [0.717, 1.165) is 6.42 Å². The molecule has 0 aliphatic rings. The second-order valence-corrected chi connectivity index (χ2v) is 5.49. The quantitative estimate of drug-likeness (QED) is 0.658. The van der Waals surface area contributed by atoms with Crippen LogP contribution in [0.1, 0.15) is 26.7 Å². The van der Waals surface area contributed by atoms with Gasteiger partial charge in [-0.05, 0) is 24.5 Å². The minimum atomic E-state index is -0.314. The van der Waals surface area contributed by atoms with Crippen molar-refractivity contribution in [2.45, 2.75) is 26.7 Å². The number of ether oxygens (including phenoxy) is 2. The number of benzene rings is 1. The molecule has 0 spiro atoms. The van der Waals surface area contributed by atoms with Crippen molar-refractivity contribution in [3.8, 4) is 5.75 Å². The van der Waals surface area contributed by atoms with Crippen LogP contribution >= 0.6 is 0 Å². The fourth-order valence-electron chi connectivity index (χ4n) is 1.86. The molecule has 1 aromatic rings. The van der Waals surface area contributed by atoms with Crippen LogP contribution < -0.4 is 4.74 Å². The first kappa shape index (κ1) is 18.0. The molecule has 0 heterocycles. The number of esters is 1. The van der Waals surface area contributed by atoms with Gasteiger partial charge >= 0.3 is 5.97 Å². The van der Waals surface area contributed by atoms with Gasteiger partial charge in [-0.2, -0.15) is 0 Å². The number of amides is 1. The van der Waals surface area contributed by atoms with Crippen molar-refractivity contribution < 1.29 is 19.1 Å². The summed E-state index contributed by atoms with van der Waals surface area (Å²) in [5.74, 6) is 0.718. The largest absolute Gasteiger partial charge is 0.484 e. The van der Waals surface area contributed by atoms with Crippen molar-refractivity contribution in [3.63, 3.8) is 0 Å². The summed E-state index contributed by atoms with van der Waals surface area (Å²) in [4.78, 5) is 25.2. The third-order valence-corrected chi connectivity index (χ3v) is 3.25. The number of hydrogen-bond donors (Lipinski definition) is 0. The first-order valence-corrected chi connectivity index (χ1v) is 7.55. The Morgan fingerprint density at radius 2 is 1.82 bits per heavy atom. The van der Waals surface area contributed by atoms with Crippen LogP contribution in [0.3, 0.4) is 0 Å². The van der Waals surface area contributed by atoms with Gasteiger partial charge in [0.05, 0.1) is 13.5 Å². The third kappa shape index (κ3) is 7.11. The van der Waals surface area contributed by atoms with Crippen LogP contribution in [0.5, 0.6) is 5.75 Å². The normalized spacial score (nSPS) is 10.4. The summed E-state index contributed by atoms with van der Waals surface area (Å²) in [5.41, 5.74) is 0. The Balaban J connectivity index is 2.51. The summed E-state index contributed by atoms with van der Waals surface area (Å²) >= 11 is 0. The van der Waals surface area contributed by atoms with Crippen molar-refractivity contribution in [1.82, 2.24) is 4.90 Å². The van der Waals surface area contributed by atoms with E-state index in [0.29, 0.717) is 24.8 Å². The lowest BCUT2D eigenvalue weighted by atomic mass is 10.1. The van der Waals surface area contributed by atoms with E-state index in [2.05, 4.69) is 18.6 Å². The second-order valence-electron chi connectivity index (χ2n) is 5.49. The summed E-state index contributed by atoms with van der Waals surface area (Å²) < 4.78 is 10.1. The number of para-hydroxylation sites is 1. The molecule has 122 valence electrons. The molecule has 0 unspecified atom stereocenters. The van der Waals surface area contributed by atoms with Crippen LogP contribution in [0.2, 0.25) is 0 Å². The van der Waals surface area contributed by atoms with Crippen LogP contribution in [-0.2, 0) is 14.3 Å². The maximum absolute atomic E-state index is 12.3. The first-order chi connectivity index (χ1) is 10.5. The lowest BCUT2D eigenvalue weighted by Crippen LogP contribution is -2.37. The summed E-state index contributed by atoms with van der Waals surface area (Å²) in [6, 6.07) is 9.21. The molecule has 22 heavy (non-hydrogen) atoms. The zero-order valence-electron chi connectivity index (χ0n) is 13.6. The maximum atomic E-state index is 12.3. The van der Waals surface area contributed by atoms with Gasteiger partial charge in [0.1, 0.15) is 5.75 Å². The van der Waals surface area contributed by atoms with Gasteiger partial charge in [0, 0.05) is 13.1 Å². The fraction of sp³-hybridized carbons (Fsp3) is 0.529. The summed E-state index contributed by atoms with van der Waals surface area (Å²) in [6.45, 7) is 5.15. The molecule has 0 aromatic heterocycles. The highest BCUT2D eigenvalue weighted by Crippen LogP contribution is 2.09. The Labute approximate surface area is 132 Å². The predicted molar refractivity (Wildman–Crippen MR) is 84.6 cm³/mol. The molecule has 1 aromatic carbocycles. The number of rotatable bonds is 9. The smallest absolute Gasteiger partial charge is 0.307 e. The number of hydrogen-bond acceptors (Lipinski definition) is 4. The van der Waals surface area contributed by atoms with E-state index < -0.39 is 0 Å². The molecule has 5 nitrogen and oxygen atoms in total. The Bertz CT molecular complexity index is 459. The third-order valence-electron chi connectivity index (χ3n) is 3.25. The molecule has 5 heteroatoms. The SMILES string of the molecule is COC(=O)CCN(CCC(C)C)C(=O)COc1ccccc1. The molecule has 0 atom stereocenters. The molecule has 0 fully saturated rings. The van der Waals surface area contributed by atoms with Crippen LogP contribution in [-0.4, -0.2) is 43.6 Å². The Morgan fingerprint density at radius 1 is 1.14 bits per heavy atom. The van der Waals surface area contributed by atoms with Gasteiger partial charge in [-0.25, -0.2) is 0 Å². The molecular weight excluding hydrogens is 282 g/mol. The summed E-state index contributed by atoms with van der Waals surface area (Å²) in [7, 11) is 1.35. The van der Waals surface area contributed by atoms with Gasteiger partial charge in [0.15, 0.2) is 6.61 Å². The molecule has 0 bridgehead atoms. The first-order valence-electron chi connectivity index (χ1n) is 7.55. The molecule has 0 N–H and O–H groups in total. The highest BCUT2D eigenvalue weighted by molar-refractivity contribution is 5.78. The zero-order valence-corrected chi connectivity index (χ0v) is 13.6. The number of carbonyl (C=O) groups is 2. The average molecular weight is 307 g/mol. The minimum absolute atomic E-state index is 0.0245. The van der Waals surface area contributed by atoms with Crippen LogP contribution in [0.15, 0.2) is 30.3 Å². The zero-order chi connectivity index (χ0) is 16.4. The average Bonchev–Trinajstić information content (AvgIpc) is 2.53. The molecule has 0 aliphatic heterocycles.